The van der Waals surface area contributed by atoms with Crippen LogP contribution in [0.4, 0.5) is 5.69 Å². The topological polar surface area (TPSA) is 75.6 Å². The molecule has 0 saturated heterocycles. The first-order valence-corrected chi connectivity index (χ1v) is 9.93. The number of anilines is 1. The lowest BCUT2D eigenvalue weighted by Crippen LogP contribution is -2.30. The van der Waals surface area contributed by atoms with E-state index < -0.39 is 11.4 Å². The Kier molecular flexibility index (Phi) is 7.07. The van der Waals surface area contributed by atoms with E-state index in [1.54, 1.807) is 38.1 Å². The highest BCUT2D eigenvalue weighted by Crippen LogP contribution is 2.32. The second-order valence-electron chi connectivity index (χ2n) is 8.58. The van der Waals surface area contributed by atoms with Crippen LogP contribution in [0.1, 0.15) is 74.9 Å². The Bertz CT molecular complexity index is 841. The first-order chi connectivity index (χ1) is 13.5. The highest BCUT2D eigenvalue weighted by Gasteiger charge is 2.28. The van der Waals surface area contributed by atoms with Crippen LogP contribution in [0.3, 0.4) is 0 Å². The molecule has 0 aliphatic carbocycles. The number of para-hydroxylation sites is 1. The van der Waals surface area contributed by atoms with Gasteiger partial charge in [0.05, 0.1) is 5.41 Å². The van der Waals surface area contributed by atoms with Gasteiger partial charge < -0.3 is 15.2 Å². The number of benzene rings is 2. The maximum Gasteiger partial charge on any atom is 0.312 e. The molecule has 0 unspecified atom stereocenters. The molecule has 0 saturated carbocycles. The standard InChI is InChI=1S/C24H31NO4/c1-15(2)19-8-7-9-20(16(3)4)21(19)25-22(26)17-10-12-18(13-11-17)29-14-24(5,6)23(27)28/h7-13,15-16H,14H2,1-6H3,(H,25,26)(H,27,28). The van der Waals surface area contributed by atoms with Gasteiger partial charge in [0.2, 0.25) is 0 Å². The van der Waals surface area contributed by atoms with E-state index in [9.17, 15) is 9.59 Å². The molecule has 0 aliphatic heterocycles. The molecule has 0 aromatic heterocycles. The summed E-state index contributed by atoms with van der Waals surface area (Å²) in [4.78, 5) is 24.0. The molecule has 0 radical (unpaired) electrons. The molecule has 1 amide bonds. The smallest absolute Gasteiger partial charge is 0.312 e. The van der Waals surface area contributed by atoms with Gasteiger partial charge in [0, 0.05) is 11.3 Å². The van der Waals surface area contributed by atoms with E-state index in [1.807, 2.05) is 18.2 Å². The molecule has 2 aromatic carbocycles. The average molecular weight is 398 g/mol. The van der Waals surface area contributed by atoms with Crippen LogP contribution in [0.5, 0.6) is 5.75 Å². The molecule has 0 fully saturated rings. The number of carbonyl (C=O) groups excluding carboxylic acids is 1. The van der Waals surface area contributed by atoms with Crippen LogP contribution in [0.25, 0.3) is 0 Å². The number of carboxylic acids is 1. The quantitative estimate of drug-likeness (QED) is 0.601. The zero-order valence-corrected chi connectivity index (χ0v) is 18.1. The number of ether oxygens (including phenoxy) is 1. The first-order valence-electron chi connectivity index (χ1n) is 9.93. The van der Waals surface area contributed by atoms with Gasteiger partial charge >= 0.3 is 5.97 Å². The van der Waals surface area contributed by atoms with Crippen molar-refractivity contribution in [3.63, 3.8) is 0 Å². The number of carbonyl (C=O) groups is 2. The molecule has 2 aromatic rings. The fourth-order valence-corrected chi connectivity index (χ4v) is 2.91. The Labute approximate surface area is 173 Å². The molecular formula is C24H31NO4. The molecule has 0 heterocycles. The maximum atomic E-state index is 12.9. The van der Waals surface area contributed by atoms with Crippen molar-refractivity contribution in [2.45, 2.75) is 53.4 Å². The summed E-state index contributed by atoms with van der Waals surface area (Å²) < 4.78 is 5.57. The van der Waals surface area contributed by atoms with Gasteiger partial charge in [-0.3, -0.25) is 9.59 Å². The number of carboxylic acid groups (broad SMARTS) is 1. The zero-order chi connectivity index (χ0) is 21.8. The maximum absolute atomic E-state index is 12.9. The highest BCUT2D eigenvalue weighted by atomic mass is 16.5. The number of hydrogen-bond donors (Lipinski definition) is 2. The summed E-state index contributed by atoms with van der Waals surface area (Å²) in [5, 5.41) is 12.3. The number of aliphatic carboxylic acids is 1. The molecule has 2 N–H and O–H groups in total. The average Bonchev–Trinajstić information content (AvgIpc) is 2.66. The van der Waals surface area contributed by atoms with E-state index in [-0.39, 0.29) is 24.3 Å². The van der Waals surface area contributed by atoms with Crippen molar-refractivity contribution in [2.24, 2.45) is 5.41 Å². The van der Waals surface area contributed by atoms with E-state index >= 15 is 0 Å². The van der Waals surface area contributed by atoms with Gasteiger partial charge in [-0.15, -0.1) is 0 Å². The molecule has 2 rings (SSSR count). The van der Waals surface area contributed by atoms with Crippen LogP contribution in [-0.4, -0.2) is 23.6 Å². The Morgan fingerprint density at radius 2 is 1.48 bits per heavy atom. The third kappa shape index (κ3) is 5.59. The molecule has 29 heavy (non-hydrogen) atoms. The lowest BCUT2D eigenvalue weighted by atomic mass is 9.92. The van der Waals surface area contributed by atoms with Crippen molar-refractivity contribution < 1.29 is 19.4 Å². The molecule has 5 nitrogen and oxygen atoms in total. The number of amides is 1. The second-order valence-corrected chi connectivity index (χ2v) is 8.58. The third-order valence-electron chi connectivity index (χ3n) is 4.91. The van der Waals surface area contributed by atoms with Crippen molar-refractivity contribution in [3.8, 4) is 5.75 Å². The fourth-order valence-electron chi connectivity index (χ4n) is 2.91. The predicted octanol–water partition coefficient (Wildman–Crippen LogP) is 5.68. The van der Waals surface area contributed by atoms with Gasteiger partial charge in [0.1, 0.15) is 12.4 Å². The molecule has 0 aliphatic rings. The van der Waals surface area contributed by atoms with Crippen LogP contribution in [0, 0.1) is 5.41 Å². The summed E-state index contributed by atoms with van der Waals surface area (Å²) >= 11 is 0. The molecular weight excluding hydrogens is 366 g/mol. The fraction of sp³-hybridized carbons (Fsp3) is 0.417. The van der Waals surface area contributed by atoms with E-state index in [0.29, 0.717) is 11.3 Å². The van der Waals surface area contributed by atoms with Crippen LogP contribution in [0.2, 0.25) is 0 Å². The second kappa shape index (κ2) is 9.12. The Morgan fingerprint density at radius 3 is 1.93 bits per heavy atom. The first kappa shape index (κ1) is 22.5. The minimum Gasteiger partial charge on any atom is -0.492 e. The summed E-state index contributed by atoms with van der Waals surface area (Å²) in [6.07, 6.45) is 0. The third-order valence-corrected chi connectivity index (χ3v) is 4.91. The van der Waals surface area contributed by atoms with E-state index in [4.69, 9.17) is 9.84 Å². The van der Waals surface area contributed by atoms with Gasteiger partial charge in [-0.1, -0.05) is 45.9 Å². The van der Waals surface area contributed by atoms with Gasteiger partial charge in [-0.05, 0) is 61.1 Å². The predicted molar refractivity (Wildman–Crippen MR) is 116 cm³/mol. The van der Waals surface area contributed by atoms with E-state index in [2.05, 4.69) is 33.0 Å². The van der Waals surface area contributed by atoms with E-state index in [1.165, 1.54) is 0 Å². The molecule has 5 heteroatoms. The van der Waals surface area contributed by atoms with Crippen molar-refractivity contribution in [1.29, 1.82) is 0 Å². The van der Waals surface area contributed by atoms with Crippen LogP contribution in [-0.2, 0) is 4.79 Å². The van der Waals surface area contributed by atoms with Gasteiger partial charge in [0.25, 0.3) is 5.91 Å². The molecule has 0 atom stereocenters. The van der Waals surface area contributed by atoms with Gasteiger partial charge in [0.15, 0.2) is 0 Å². The normalized spacial score (nSPS) is 11.6. The summed E-state index contributed by atoms with van der Waals surface area (Å²) in [6, 6.07) is 12.9. The number of rotatable bonds is 8. The van der Waals surface area contributed by atoms with Crippen molar-refractivity contribution in [1.82, 2.24) is 0 Å². The molecule has 156 valence electrons. The molecule has 0 bridgehead atoms. The highest BCUT2D eigenvalue weighted by molar-refractivity contribution is 6.05. The van der Waals surface area contributed by atoms with Crippen LogP contribution in [0.15, 0.2) is 42.5 Å². The molecule has 0 spiro atoms. The largest absolute Gasteiger partial charge is 0.492 e. The summed E-state index contributed by atoms with van der Waals surface area (Å²) in [6.45, 7) is 11.7. The lowest BCUT2D eigenvalue weighted by molar-refractivity contribution is -0.148. The summed E-state index contributed by atoms with van der Waals surface area (Å²) in [5.74, 6) is 0.00624. The minimum atomic E-state index is -0.982. The monoisotopic (exact) mass is 397 g/mol. The van der Waals surface area contributed by atoms with Gasteiger partial charge in [-0.25, -0.2) is 0 Å². The van der Waals surface area contributed by atoms with Gasteiger partial charge in [-0.2, -0.15) is 0 Å². The van der Waals surface area contributed by atoms with Crippen molar-refractivity contribution in [2.75, 3.05) is 11.9 Å². The summed E-state index contributed by atoms with van der Waals surface area (Å²) in [5.41, 5.74) is 2.64. The van der Waals surface area contributed by atoms with Crippen molar-refractivity contribution >= 4 is 17.6 Å². The summed E-state index contributed by atoms with van der Waals surface area (Å²) in [7, 11) is 0. The number of nitrogens with one attached hydrogen (secondary N) is 1. The van der Waals surface area contributed by atoms with Crippen LogP contribution < -0.4 is 10.1 Å². The lowest BCUT2D eigenvalue weighted by Gasteiger charge is -2.20. The Hall–Kier alpha value is -2.82. The SMILES string of the molecule is CC(C)c1cccc(C(C)C)c1NC(=O)c1ccc(OCC(C)(C)C(=O)O)cc1. The van der Waals surface area contributed by atoms with Crippen LogP contribution >= 0.6 is 0 Å². The Balaban J connectivity index is 2.17. The Morgan fingerprint density at radius 1 is 0.966 bits per heavy atom. The zero-order valence-electron chi connectivity index (χ0n) is 18.1. The number of hydrogen-bond acceptors (Lipinski definition) is 3. The minimum absolute atomic E-state index is 0.0490. The van der Waals surface area contributed by atoms with Crippen molar-refractivity contribution in [3.05, 3.63) is 59.2 Å². The van der Waals surface area contributed by atoms with E-state index in [0.717, 1.165) is 16.8 Å².